The van der Waals surface area contributed by atoms with Crippen LogP contribution in [0.3, 0.4) is 0 Å². The Hall–Kier alpha value is -3.25. The van der Waals surface area contributed by atoms with Gasteiger partial charge in [-0.25, -0.2) is 9.97 Å². The number of fused-ring (bicyclic) bond motifs is 3. The number of nitrogens with zero attached hydrogens (tertiary/aromatic N) is 3. The SMILES string of the molecule is COc1ccc(Cc2cc3c(=O)n([C@H]4CCCCC[C@@H]4O)cnc3c3ccccc23)cn1. The Morgan fingerprint density at radius 3 is 2.62 bits per heavy atom. The van der Waals surface area contributed by atoms with Crippen molar-refractivity contribution >= 4 is 21.7 Å². The molecule has 2 heterocycles. The molecule has 0 aliphatic heterocycles. The number of aromatic nitrogens is 3. The molecule has 0 spiro atoms. The largest absolute Gasteiger partial charge is 0.481 e. The third-order valence-electron chi connectivity index (χ3n) is 6.58. The second kappa shape index (κ2) is 8.71. The number of pyridine rings is 1. The van der Waals surface area contributed by atoms with Crippen molar-refractivity contribution in [3.8, 4) is 5.88 Å². The summed E-state index contributed by atoms with van der Waals surface area (Å²) < 4.78 is 6.83. The molecule has 4 aromatic rings. The van der Waals surface area contributed by atoms with Crippen molar-refractivity contribution in [1.82, 2.24) is 14.5 Å². The van der Waals surface area contributed by atoms with E-state index in [2.05, 4.69) is 11.1 Å². The fourth-order valence-corrected chi connectivity index (χ4v) is 4.88. The van der Waals surface area contributed by atoms with Crippen molar-refractivity contribution in [2.45, 2.75) is 50.7 Å². The number of benzene rings is 2. The first-order valence-electron chi connectivity index (χ1n) is 11.2. The summed E-state index contributed by atoms with van der Waals surface area (Å²) in [4.78, 5) is 22.6. The fourth-order valence-electron chi connectivity index (χ4n) is 4.88. The first-order chi connectivity index (χ1) is 15.7. The average Bonchev–Trinajstić information content (AvgIpc) is 3.04. The van der Waals surface area contributed by atoms with Gasteiger partial charge < -0.3 is 9.84 Å². The van der Waals surface area contributed by atoms with Gasteiger partial charge in [-0.05, 0) is 41.8 Å². The first kappa shape index (κ1) is 20.6. The van der Waals surface area contributed by atoms with Crippen molar-refractivity contribution in [2.75, 3.05) is 7.11 Å². The molecule has 6 heteroatoms. The zero-order valence-corrected chi connectivity index (χ0v) is 18.2. The fraction of sp³-hybridized carbons (Fsp3) is 0.346. The zero-order chi connectivity index (χ0) is 22.1. The number of rotatable bonds is 4. The smallest absolute Gasteiger partial charge is 0.261 e. The van der Waals surface area contributed by atoms with E-state index in [1.807, 2.05) is 36.4 Å². The minimum Gasteiger partial charge on any atom is -0.481 e. The van der Waals surface area contributed by atoms with E-state index >= 15 is 0 Å². The van der Waals surface area contributed by atoms with Gasteiger partial charge in [0.15, 0.2) is 0 Å². The summed E-state index contributed by atoms with van der Waals surface area (Å²) in [5.41, 5.74) is 2.72. The van der Waals surface area contributed by atoms with Gasteiger partial charge in [-0.2, -0.15) is 0 Å². The highest BCUT2D eigenvalue weighted by atomic mass is 16.5. The molecule has 1 N–H and O–H groups in total. The molecule has 2 aromatic heterocycles. The van der Waals surface area contributed by atoms with Crippen molar-refractivity contribution in [1.29, 1.82) is 0 Å². The number of aliphatic hydroxyl groups is 1. The summed E-state index contributed by atoms with van der Waals surface area (Å²) in [6.07, 6.45) is 8.19. The van der Waals surface area contributed by atoms with E-state index in [-0.39, 0.29) is 11.6 Å². The molecule has 6 nitrogen and oxygen atoms in total. The maximum absolute atomic E-state index is 13.6. The zero-order valence-electron chi connectivity index (χ0n) is 18.2. The van der Waals surface area contributed by atoms with E-state index in [0.29, 0.717) is 23.2 Å². The van der Waals surface area contributed by atoms with Gasteiger partial charge in [0.1, 0.15) is 0 Å². The molecule has 0 bridgehead atoms. The highest BCUT2D eigenvalue weighted by Gasteiger charge is 2.25. The van der Waals surface area contributed by atoms with Crippen molar-refractivity contribution in [3.63, 3.8) is 0 Å². The molecular formula is C26H27N3O3. The van der Waals surface area contributed by atoms with Gasteiger partial charge in [-0.1, -0.05) is 49.6 Å². The third-order valence-corrected chi connectivity index (χ3v) is 6.58. The van der Waals surface area contributed by atoms with E-state index in [9.17, 15) is 9.90 Å². The minimum atomic E-state index is -0.514. The number of methoxy groups -OCH3 is 1. The summed E-state index contributed by atoms with van der Waals surface area (Å²) >= 11 is 0. The Morgan fingerprint density at radius 2 is 1.84 bits per heavy atom. The standard InChI is InChI=1S/C26H27N3O3/c1-32-24-12-11-17(15-27-24)13-18-14-21-25(20-8-6-5-7-19(18)20)28-16-29(26(21)31)22-9-3-2-4-10-23(22)30/h5-8,11-12,14-16,22-23,30H,2-4,9-10,13H2,1H3/t22-,23-/m0/s1. The second-order valence-electron chi connectivity index (χ2n) is 8.59. The maximum atomic E-state index is 13.6. The van der Waals surface area contributed by atoms with Crippen LogP contribution in [0.4, 0.5) is 0 Å². The van der Waals surface area contributed by atoms with Crippen molar-refractivity contribution in [2.24, 2.45) is 0 Å². The predicted molar refractivity (Wildman–Crippen MR) is 125 cm³/mol. The lowest BCUT2D eigenvalue weighted by Gasteiger charge is -2.23. The lowest BCUT2D eigenvalue weighted by atomic mass is 9.96. The van der Waals surface area contributed by atoms with Crippen LogP contribution < -0.4 is 10.3 Å². The Morgan fingerprint density at radius 1 is 1.03 bits per heavy atom. The molecule has 0 radical (unpaired) electrons. The van der Waals surface area contributed by atoms with Gasteiger partial charge in [-0.3, -0.25) is 9.36 Å². The van der Waals surface area contributed by atoms with Crippen LogP contribution in [0.25, 0.3) is 21.7 Å². The highest BCUT2D eigenvalue weighted by molar-refractivity contribution is 6.06. The maximum Gasteiger partial charge on any atom is 0.261 e. The summed E-state index contributed by atoms with van der Waals surface area (Å²) in [7, 11) is 1.60. The minimum absolute atomic E-state index is 0.0826. The molecule has 1 aliphatic rings. The van der Waals surface area contributed by atoms with Crippen LogP contribution in [0.2, 0.25) is 0 Å². The first-order valence-corrected chi connectivity index (χ1v) is 11.2. The van der Waals surface area contributed by atoms with Crippen LogP contribution in [0.5, 0.6) is 5.88 Å². The third kappa shape index (κ3) is 3.75. The Bertz CT molecular complexity index is 1310. The van der Waals surface area contributed by atoms with Crippen molar-refractivity contribution in [3.05, 3.63) is 76.5 Å². The van der Waals surface area contributed by atoms with Gasteiger partial charge in [0, 0.05) is 17.6 Å². The molecule has 2 aromatic carbocycles. The summed E-state index contributed by atoms with van der Waals surface area (Å²) in [6.45, 7) is 0. The van der Waals surface area contributed by atoms with Gasteiger partial charge in [0.05, 0.1) is 36.5 Å². The Labute approximate surface area is 186 Å². The summed E-state index contributed by atoms with van der Waals surface area (Å²) in [6, 6.07) is 13.7. The monoisotopic (exact) mass is 429 g/mol. The number of aliphatic hydroxyl groups excluding tert-OH is 1. The van der Waals surface area contributed by atoms with Gasteiger partial charge in [0.25, 0.3) is 5.56 Å². The number of ether oxygens (including phenoxy) is 1. The van der Waals surface area contributed by atoms with E-state index in [1.54, 1.807) is 24.2 Å². The normalized spacial score (nSPS) is 19.2. The van der Waals surface area contributed by atoms with E-state index in [1.165, 1.54) is 0 Å². The summed E-state index contributed by atoms with van der Waals surface area (Å²) in [5.74, 6) is 0.575. The molecule has 1 aliphatic carbocycles. The van der Waals surface area contributed by atoms with Crippen LogP contribution in [0.15, 0.2) is 59.8 Å². The van der Waals surface area contributed by atoms with Crippen molar-refractivity contribution < 1.29 is 9.84 Å². The highest BCUT2D eigenvalue weighted by Crippen LogP contribution is 2.30. The Kier molecular flexibility index (Phi) is 5.62. The van der Waals surface area contributed by atoms with E-state index in [0.717, 1.165) is 54.0 Å². The average molecular weight is 430 g/mol. The number of hydrogen-bond acceptors (Lipinski definition) is 5. The van der Waals surface area contributed by atoms with Gasteiger partial charge in [0.2, 0.25) is 5.88 Å². The molecule has 5 rings (SSSR count). The lowest BCUT2D eigenvalue weighted by Crippen LogP contribution is -2.32. The molecule has 164 valence electrons. The van der Waals surface area contributed by atoms with Crippen LogP contribution in [-0.2, 0) is 6.42 Å². The molecular weight excluding hydrogens is 402 g/mol. The second-order valence-corrected chi connectivity index (χ2v) is 8.59. The number of hydrogen-bond donors (Lipinski definition) is 1. The molecule has 2 atom stereocenters. The molecule has 0 saturated heterocycles. The van der Waals surface area contributed by atoms with E-state index in [4.69, 9.17) is 9.72 Å². The molecule has 0 unspecified atom stereocenters. The van der Waals surface area contributed by atoms with Crippen LogP contribution in [0.1, 0.15) is 49.3 Å². The molecule has 0 amide bonds. The topological polar surface area (TPSA) is 77.2 Å². The molecule has 1 saturated carbocycles. The quantitative estimate of drug-likeness (QED) is 0.384. The van der Waals surface area contributed by atoms with Crippen LogP contribution >= 0.6 is 0 Å². The summed E-state index contributed by atoms with van der Waals surface area (Å²) in [5, 5.41) is 13.3. The Balaban J connectivity index is 1.66. The van der Waals surface area contributed by atoms with Gasteiger partial charge in [-0.15, -0.1) is 0 Å². The van der Waals surface area contributed by atoms with Crippen LogP contribution in [0, 0.1) is 0 Å². The van der Waals surface area contributed by atoms with E-state index < -0.39 is 6.10 Å². The van der Waals surface area contributed by atoms with Gasteiger partial charge >= 0.3 is 0 Å². The predicted octanol–water partition coefficient (Wildman–Crippen LogP) is 4.41. The molecule has 1 fully saturated rings. The lowest BCUT2D eigenvalue weighted by molar-refractivity contribution is 0.103. The van der Waals surface area contributed by atoms with Crippen LogP contribution in [-0.4, -0.2) is 32.9 Å². The molecule has 32 heavy (non-hydrogen) atoms.